The molecular formula is C20H19N3O5S. The minimum absolute atomic E-state index is 0.0690. The molecule has 0 saturated heterocycles. The molecule has 29 heavy (non-hydrogen) atoms. The van der Waals surface area contributed by atoms with E-state index in [1.54, 1.807) is 24.3 Å². The van der Waals surface area contributed by atoms with Crippen LogP contribution in [-0.2, 0) is 26.8 Å². The van der Waals surface area contributed by atoms with Crippen molar-refractivity contribution in [2.75, 3.05) is 24.3 Å². The number of nitrogens with zero attached hydrogens (tertiary/aromatic N) is 3. The first-order chi connectivity index (χ1) is 14.0. The molecule has 0 unspecified atom stereocenters. The van der Waals surface area contributed by atoms with E-state index in [2.05, 4.69) is 10.1 Å². The van der Waals surface area contributed by atoms with Crippen LogP contribution in [0.15, 0.2) is 53.1 Å². The molecule has 9 heteroatoms. The Balaban J connectivity index is 1.47. The number of hydrogen-bond donors (Lipinski definition) is 0. The summed E-state index contributed by atoms with van der Waals surface area (Å²) in [5.41, 5.74) is 2.40. The van der Waals surface area contributed by atoms with Crippen molar-refractivity contribution >= 4 is 21.4 Å². The first-order valence-electron chi connectivity index (χ1n) is 9.01. The minimum Gasteiger partial charge on any atom is -0.496 e. The number of carbonyl (C=O) groups is 1. The summed E-state index contributed by atoms with van der Waals surface area (Å²) >= 11 is 0. The van der Waals surface area contributed by atoms with E-state index in [-0.39, 0.29) is 11.7 Å². The molecule has 0 saturated carbocycles. The van der Waals surface area contributed by atoms with Crippen molar-refractivity contribution < 1.29 is 22.5 Å². The monoisotopic (exact) mass is 413 g/mol. The molecule has 8 nitrogen and oxygen atoms in total. The van der Waals surface area contributed by atoms with Crippen molar-refractivity contribution in [3.63, 3.8) is 0 Å². The van der Waals surface area contributed by atoms with Crippen molar-refractivity contribution in [2.24, 2.45) is 0 Å². The number of hydrogen-bond acceptors (Lipinski definition) is 7. The maximum atomic E-state index is 12.6. The number of anilines is 1. The van der Waals surface area contributed by atoms with Crippen LogP contribution < -0.4 is 9.64 Å². The summed E-state index contributed by atoms with van der Waals surface area (Å²) in [7, 11) is -2.26. The zero-order valence-electron chi connectivity index (χ0n) is 15.7. The lowest BCUT2D eigenvalue weighted by Crippen LogP contribution is -2.34. The summed E-state index contributed by atoms with van der Waals surface area (Å²) in [5.74, 6) is -0.873. The maximum absolute atomic E-state index is 12.6. The van der Waals surface area contributed by atoms with E-state index in [0.717, 1.165) is 11.3 Å². The molecule has 1 aliphatic heterocycles. The average molecular weight is 413 g/mol. The van der Waals surface area contributed by atoms with Gasteiger partial charge in [0.1, 0.15) is 17.3 Å². The SMILES string of the molecule is COc1ccccc1-c1noc(CS(=O)(=O)CC(=O)N2CCc3ccccc32)n1. The molecule has 3 aromatic rings. The van der Waals surface area contributed by atoms with E-state index in [1.807, 2.05) is 24.3 Å². The van der Waals surface area contributed by atoms with Crippen LogP contribution in [0, 0.1) is 0 Å². The molecular weight excluding hydrogens is 394 g/mol. The van der Waals surface area contributed by atoms with Crippen LogP contribution >= 0.6 is 0 Å². The largest absolute Gasteiger partial charge is 0.496 e. The molecule has 0 radical (unpaired) electrons. The predicted octanol–water partition coefficient (Wildman–Crippen LogP) is 2.25. The van der Waals surface area contributed by atoms with Crippen LogP contribution in [0.25, 0.3) is 11.4 Å². The number of benzene rings is 2. The Morgan fingerprint density at radius 2 is 1.93 bits per heavy atom. The second-order valence-corrected chi connectivity index (χ2v) is 8.73. The van der Waals surface area contributed by atoms with Crippen LogP contribution in [0.3, 0.4) is 0 Å². The number of sulfone groups is 1. The highest BCUT2D eigenvalue weighted by atomic mass is 32.2. The Labute approximate surface area is 168 Å². The summed E-state index contributed by atoms with van der Waals surface area (Å²) in [5, 5.41) is 3.84. The van der Waals surface area contributed by atoms with Crippen LogP contribution in [0.4, 0.5) is 5.69 Å². The zero-order valence-corrected chi connectivity index (χ0v) is 16.6. The van der Waals surface area contributed by atoms with Crippen molar-refractivity contribution in [1.29, 1.82) is 0 Å². The Morgan fingerprint density at radius 3 is 2.76 bits per heavy atom. The number of carbonyl (C=O) groups excluding carboxylic acids is 1. The molecule has 2 aromatic carbocycles. The fourth-order valence-electron chi connectivity index (χ4n) is 3.35. The van der Waals surface area contributed by atoms with Crippen LogP contribution in [0.2, 0.25) is 0 Å². The van der Waals surface area contributed by atoms with Gasteiger partial charge in [0, 0.05) is 12.2 Å². The van der Waals surface area contributed by atoms with Crippen molar-refractivity contribution in [1.82, 2.24) is 10.1 Å². The quantitative estimate of drug-likeness (QED) is 0.611. The Morgan fingerprint density at radius 1 is 1.17 bits per heavy atom. The van der Waals surface area contributed by atoms with Gasteiger partial charge in [-0.1, -0.05) is 35.5 Å². The lowest BCUT2D eigenvalue weighted by molar-refractivity contribution is -0.116. The van der Waals surface area contributed by atoms with Gasteiger partial charge in [0.15, 0.2) is 9.84 Å². The summed E-state index contributed by atoms with van der Waals surface area (Å²) in [6.07, 6.45) is 0.716. The minimum atomic E-state index is -3.78. The second kappa shape index (κ2) is 7.67. The third-order valence-corrected chi connectivity index (χ3v) is 6.06. The van der Waals surface area contributed by atoms with Crippen LogP contribution in [0.5, 0.6) is 5.75 Å². The van der Waals surface area contributed by atoms with Crippen molar-refractivity contribution in [3.05, 3.63) is 60.0 Å². The fourth-order valence-corrected chi connectivity index (χ4v) is 4.48. The van der Waals surface area contributed by atoms with Crippen LogP contribution in [-0.4, -0.2) is 43.9 Å². The summed E-state index contributed by atoms with van der Waals surface area (Å²) in [4.78, 5) is 18.3. The van der Waals surface area contributed by atoms with E-state index >= 15 is 0 Å². The predicted molar refractivity (Wildman–Crippen MR) is 106 cm³/mol. The Bertz CT molecular complexity index is 1160. The first-order valence-corrected chi connectivity index (χ1v) is 10.8. The van der Waals surface area contributed by atoms with E-state index in [1.165, 1.54) is 12.0 Å². The standard InChI is InChI=1S/C20H19N3O5S/c1-27-17-9-5-3-7-15(17)20-21-18(28-22-20)12-29(25,26)13-19(24)23-11-10-14-6-2-4-8-16(14)23/h2-9H,10-13H2,1H3. The van der Waals surface area contributed by atoms with Gasteiger partial charge in [0.05, 0.1) is 12.7 Å². The van der Waals surface area contributed by atoms with Gasteiger partial charge in [-0.25, -0.2) is 8.42 Å². The van der Waals surface area contributed by atoms with Crippen molar-refractivity contribution in [2.45, 2.75) is 12.2 Å². The van der Waals surface area contributed by atoms with E-state index in [9.17, 15) is 13.2 Å². The van der Waals surface area contributed by atoms with Gasteiger partial charge in [-0.05, 0) is 30.2 Å². The molecule has 0 fully saturated rings. The summed E-state index contributed by atoms with van der Waals surface area (Å²) in [6.45, 7) is 0.478. The number of aromatic nitrogens is 2. The molecule has 0 spiro atoms. The van der Waals surface area contributed by atoms with E-state index in [0.29, 0.717) is 24.3 Å². The fraction of sp³-hybridized carbons (Fsp3) is 0.250. The second-order valence-electron chi connectivity index (χ2n) is 6.67. The number of fused-ring (bicyclic) bond motifs is 1. The molecule has 0 aliphatic carbocycles. The molecule has 1 amide bonds. The molecule has 150 valence electrons. The number of rotatable bonds is 6. The molecule has 0 bridgehead atoms. The lowest BCUT2D eigenvalue weighted by atomic mass is 10.2. The third-order valence-electron chi connectivity index (χ3n) is 4.69. The number of ether oxygens (including phenoxy) is 1. The zero-order chi connectivity index (χ0) is 20.4. The molecule has 1 aliphatic rings. The molecule has 0 atom stereocenters. The smallest absolute Gasteiger partial charge is 0.242 e. The van der Waals surface area contributed by atoms with Gasteiger partial charge < -0.3 is 14.2 Å². The van der Waals surface area contributed by atoms with Gasteiger partial charge in [-0.2, -0.15) is 4.98 Å². The highest BCUT2D eigenvalue weighted by Crippen LogP contribution is 2.29. The van der Waals surface area contributed by atoms with Gasteiger partial charge >= 0.3 is 0 Å². The Hall–Kier alpha value is -3.20. The first kappa shape index (κ1) is 19.1. The van der Waals surface area contributed by atoms with Crippen LogP contribution in [0.1, 0.15) is 11.5 Å². The highest BCUT2D eigenvalue weighted by molar-refractivity contribution is 7.91. The van der Waals surface area contributed by atoms with Gasteiger partial charge in [-0.3, -0.25) is 4.79 Å². The number of methoxy groups -OCH3 is 1. The summed E-state index contributed by atoms with van der Waals surface area (Å²) < 4.78 is 35.5. The van der Waals surface area contributed by atoms with Gasteiger partial charge in [0.2, 0.25) is 17.6 Å². The van der Waals surface area contributed by atoms with Gasteiger partial charge in [0.25, 0.3) is 0 Å². The topological polar surface area (TPSA) is 103 Å². The maximum Gasteiger partial charge on any atom is 0.242 e. The summed E-state index contributed by atoms with van der Waals surface area (Å²) in [6, 6.07) is 14.6. The molecule has 1 aromatic heterocycles. The average Bonchev–Trinajstić information content (AvgIpc) is 3.34. The molecule has 2 heterocycles. The molecule has 0 N–H and O–H groups in total. The normalized spacial score (nSPS) is 13.3. The Kier molecular flexibility index (Phi) is 5.06. The molecule has 4 rings (SSSR count). The van der Waals surface area contributed by atoms with Crippen molar-refractivity contribution in [3.8, 4) is 17.1 Å². The number of amides is 1. The van der Waals surface area contributed by atoms with E-state index < -0.39 is 27.3 Å². The number of para-hydroxylation sites is 2. The third kappa shape index (κ3) is 4.00. The van der Waals surface area contributed by atoms with E-state index in [4.69, 9.17) is 9.26 Å². The highest BCUT2D eigenvalue weighted by Gasteiger charge is 2.29. The lowest BCUT2D eigenvalue weighted by Gasteiger charge is -2.16. The van der Waals surface area contributed by atoms with Gasteiger partial charge in [-0.15, -0.1) is 0 Å².